The highest BCUT2D eigenvalue weighted by molar-refractivity contribution is 7.13. The second-order valence-electron chi connectivity index (χ2n) is 9.60. The molecule has 1 unspecified atom stereocenters. The predicted molar refractivity (Wildman–Crippen MR) is 134 cm³/mol. The quantitative estimate of drug-likeness (QED) is 0.397. The normalized spacial score (nSPS) is 24.4. The SMILES string of the molecule is CC12CC(N)(C(=O)Nc3nc(Cc4ccc(O)cc4)cs3)C(c3ccccc31)c1ccccc12. The number of thiazole rings is 1. The van der Waals surface area contributed by atoms with E-state index < -0.39 is 5.54 Å². The molecule has 6 heteroatoms. The van der Waals surface area contributed by atoms with Gasteiger partial charge in [-0.3, -0.25) is 4.79 Å². The van der Waals surface area contributed by atoms with Gasteiger partial charge in [0.25, 0.3) is 0 Å². The van der Waals surface area contributed by atoms with Crippen molar-refractivity contribution in [1.82, 2.24) is 4.98 Å². The second kappa shape index (κ2) is 7.52. The van der Waals surface area contributed by atoms with E-state index >= 15 is 0 Å². The second-order valence-corrected chi connectivity index (χ2v) is 10.5. The third kappa shape index (κ3) is 3.10. The van der Waals surface area contributed by atoms with E-state index in [0.717, 1.165) is 22.4 Å². The summed E-state index contributed by atoms with van der Waals surface area (Å²) >= 11 is 1.41. The number of anilines is 1. The van der Waals surface area contributed by atoms with E-state index in [1.54, 1.807) is 12.1 Å². The standard InChI is InChI=1S/C28H25N3O2S/c1-27-16-28(29,24(20-6-2-4-8-22(20)27)21-7-3-5-9-23(21)27)25(33)31-26-30-18(15-34-26)14-17-10-12-19(32)13-11-17/h2-13,15,24,32H,14,16,29H2,1H3,(H,30,31,33). The number of nitrogens with one attached hydrogen (secondary N) is 1. The van der Waals surface area contributed by atoms with Crippen molar-refractivity contribution < 1.29 is 9.90 Å². The summed E-state index contributed by atoms with van der Waals surface area (Å²) < 4.78 is 0. The van der Waals surface area contributed by atoms with Gasteiger partial charge in [0.05, 0.1) is 5.69 Å². The Morgan fingerprint density at radius 3 is 2.32 bits per heavy atom. The Morgan fingerprint density at radius 1 is 1.06 bits per heavy atom. The van der Waals surface area contributed by atoms with Crippen molar-refractivity contribution in [2.24, 2.45) is 5.73 Å². The van der Waals surface area contributed by atoms with Gasteiger partial charge in [-0.25, -0.2) is 4.98 Å². The van der Waals surface area contributed by atoms with E-state index in [1.165, 1.54) is 22.5 Å². The number of hydrogen-bond acceptors (Lipinski definition) is 5. The number of nitrogens with two attached hydrogens (primary N) is 1. The Kier molecular flexibility index (Phi) is 4.66. The minimum atomic E-state index is -1.08. The van der Waals surface area contributed by atoms with Gasteiger partial charge in [-0.1, -0.05) is 67.6 Å². The summed E-state index contributed by atoms with van der Waals surface area (Å²) in [5.74, 6) is -0.168. The van der Waals surface area contributed by atoms with Crippen LogP contribution in [0.2, 0.25) is 0 Å². The van der Waals surface area contributed by atoms with Crippen LogP contribution in [0.4, 0.5) is 5.13 Å². The molecule has 3 aliphatic rings. The minimum absolute atomic E-state index is 0.196. The lowest BCUT2D eigenvalue weighted by atomic mass is 9.49. The summed E-state index contributed by atoms with van der Waals surface area (Å²) in [7, 11) is 0. The monoisotopic (exact) mass is 467 g/mol. The number of fused-ring (bicyclic) bond motifs is 1. The fourth-order valence-electron chi connectivity index (χ4n) is 5.94. The maximum atomic E-state index is 13.7. The summed E-state index contributed by atoms with van der Waals surface area (Å²) in [6.45, 7) is 2.20. The van der Waals surface area contributed by atoms with Crippen LogP contribution in [-0.4, -0.2) is 21.5 Å². The van der Waals surface area contributed by atoms with Crippen molar-refractivity contribution in [3.05, 3.63) is 112 Å². The lowest BCUT2D eigenvalue weighted by Gasteiger charge is -2.55. The molecule has 0 saturated carbocycles. The van der Waals surface area contributed by atoms with E-state index in [0.29, 0.717) is 18.0 Å². The third-order valence-electron chi connectivity index (χ3n) is 7.41. The number of hydrogen-bond donors (Lipinski definition) is 3. The maximum absolute atomic E-state index is 13.7. The molecule has 0 spiro atoms. The molecule has 3 aromatic carbocycles. The van der Waals surface area contributed by atoms with Crippen LogP contribution in [0.15, 0.2) is 78.2 Å². The number of phenols is 1. The molecule has 34 heavy (non-hydrogen) atoms. The van der Waals surface area contributed by atoms with E-state index in [2.05, 4.69) is 53.6 Å². The van der Waals surface area contributed by atoms with Crippen LogP contribution < -0.4 is 11.1 Å². The zero-order valence-corrected chi connectivity index (χ0v) is 19.6. The first-order valence-corrected chi connectivity index (χ1v) is 12.3. The summed E-state index contributed by atoms with van der Waals surface area (Å²) in [6, 6.07) is 23.8. The molecule has 0 aliphatic heterocycles. The molecule has 1 heterocycles. The summed E-state index contributed by atoms with van der Waals surface area (Å²) in [5.41, 5.74) is 12.3. The first kappa shape index (κ1) is 21.1. The Bertz CT molecular complexity index is 1360. The molecule has 0 radical (unpaired) electrons. The largest absolute Gasteiger partial charge is 0.508 e. The zero-order valence-electron chi connectivity index (χ0n) is 18.8. The van der Waals surface area contributed by atoms with E-state index in [1.807, 2.05) is 29.6 Å². The van der Waals surface area contributed by atoms with Gasteiger partial charge in [0.1, 0.15) is 11.3 Å². The van der Waals surface area contributed by atoms with Crippen molar-refractivity contribution >= 4 is 22.4 Å². The van der Waals surface area contributed by atoms with E-state index in [4.69, 9.17) is 5.73 Å². The molecule has 2 bridgehead atoms. The van der Waals surface area contributed by atoms with Crippen LogP contribution in [-0.2, 0) is 16.6 Å². The molecule has 170 valence electrons. The van der Waals surface area contributed by atoms with Gasteiger partial charge in [-0.2, -0.15) is 0 Å². The van der Waals surface area contributed by atoms with Gasteiger partial charge in [0.2, 0.25) is 5.91 Å². The number of carbonyl (C=O) groups is 1. The van der Waals surface area contributed by atoms with Gasteiger partial charge in [-0.15, -0.1) is 11.3 Å². The highest BCUT2D eigenvalue weighted by Crippen LogP contribution is 2.59. The van der Waals surface area contributed by atoms with E-state index in [-0.39, 0.29) is 23.0 Å². The topological polar surface area (TPSA) is 88.2 Å². The fourth-order valence-corrected chi connectivity index (χ4v) is 6.65. The maximum Gasteiger partial charge on any atom is 0.247 e. The summed E-state index contributed by atoms with van der Waals surface area (Å²) in [4.78, 5) is 18.4. The number of nitrogens with zero attached hydrogens (tertiary/aromatic N) is 1. The van der Waals surface area contributed by atoms with Gasteiger partial charge >= 0.3 is 0 Å². The Hall–Kier alpha value is -3.48. The van der Waals surface area contributed by atoms with Gasteiger partial charge in [-0.05, 0) is 46.4 Å². The average Bonchev–Trinajstić information content (AvgIpc) is 3.27. The van der Waals surface area contributed by atoms with Crippen LogP contribution in [0, 0.1) is 0 Å². The molecule has 4 N–H and O–H groups in total. The first-order chi connectivity index (χ1) is 16.4. The third-order valence-corrected chi connectivity index (χ3v) is 8.22. The van der Waals surface area contributed by atoms with Crippen molar-refractivity contribution in [2.75, 3.05) is 5.32 Å². The highest BCUT2D eigenvalue weighted by Gasteiger charge is 2.59. The molecule has 5 nitrogen and oxygen atoms in total. The van der Waals surface area contributed by atoms with Gasteiger partial charge < -0.3 is 16.2 Å². The fraction of sp³-hybridized carbons (Fsp3) is 0.214. The molecular weight excluding hydrogens is 442 g/mol. The number of aromatic hydroxyl groups is 1. The Labute approximate surface area is 202 Å². The predicted octanol–water partition coefficient (Wildman–Crippen LogP) is 4.93. The van der Waals surface area contributed by atoms with Crippen LogP contribution >= 0.6 is 11.3 Å². The number of benzene rings is 3. The van der Waals surface area contributed by atoms with Gasteiger partial charge in [0.15, 0.2) is 5.13 Å². The summed E-state index contributed by atoms with van der Waals surface area (Å²) in [5, 5.41) is 15.0. The first-order valence-electron chi connectivity index (χ1n) is 11.4. The number of amides is 1. The van der Waals surface area contributed by atoms with Crippen LogP contribution in [0.1, 0.15) is 52.8 Å². The van der Waals surface area contributed by atoms with Crippen molar-refractivity contribution in [3.8, 4) is 5.75 Å². The molecule has 7 rings (SSSR count). The Balaban J connectivity index is 1.31. The molecule has 4 aromatic rings. The minimum Gasteiger partial charge on any atom is -0.508 e. The van der Waals surface area contributed by atoms with Gasteiger partial charge in [0, 0.05) is 23.1 Å². The van der Waals surface area contributed by atoms with Crippen LogP contribution in [0.3, 0.4) is 0 Å². The molecule has 1 amide bonds. The van der Waals surface area contributed by atoms with Crippen molar-refractivity contribution in [2.45, 2.75) is 36.6 Å². The lowest BCUT2D eigenvalue weighted by molar-refractivity contribution is -0.123. The molecular formula is C28H25N3O2S. The molecule has 1 atom stereocenters. The zero-order chi connectivity index (χ0) is 23.5. The van der Waals surface area contributed by atoms with E-state index in [9.17, 15) is 9.90 Å². The van der Waals surface area contributed by atoms with Crippen molar-refractivity contribution in [1.29, 1.82) is 0 Å². The molecule has 1 aromatic heterocycles. The smallest absolute Gasteiger partial charge is 0.247 e. The number of carbonyl (C=O) groups excluding carboxylic acids is 1. The highest BCUT2D eigenvalue weighted by atomic mass is 32.1. The molecule has 0 fully saturated rings. The summed E-state index contributed by atoms with van der Waals surface area (Å²) in [6.07, 6.45) is 1.16. The average molecular weight is 468 g/mol. The number of aromatic nitrogens is 1. The van der Waals surface area contributed by atoms with Crippen LogP contribution in [0.25, 0.3) is 0 Å². The number of rotatable bonds is 4. The van der Waals surface area contributed by atoms with Crippen LogP contribution in [0.5, 0.6) is 5.75 Å². The molecule has 0 saturated heterocycles. The Morgan fingerprint density at radius 2 is 1.68 bits per heavy atom. The lowest BCUT2D eigenvalue weighted by Crippen LogP contribution is -2.64. The molecule has 3 aliphatic carbocycles. The van der Waals surface area contributed by atoms with Crippen molar-refractivity contribution in [3.63, 3.8) is 0 Å². The number of phenolic OH excluding ortho intramolecular Hbond substituents is 1.